The van der Waals surface area contributed by atoms with E-state index in [4.69, 9.17) is 9.15 Å². The summed E-state index contributed by atoms with van der Waals surface area (Å²) in [5.41, 5.74) is 4.05. The highest BCUT2D eigenvalue weighted by molar-refractivity contribution is 5.97. The Labute approximate surface area is 169 Å². The van der Waals surface area contributed by atoms with Crippen LogP contribution in [0.4, 0.5) is 0 Å². The summed E-state index contributed by atoms with van der Waals surface area (Å²) < 4.78 is 10.9. The average Bonchev–Trinajstić information content (AvgIpc) is 3.42. The molecule has 0 aliphatic rings. The fourth-order valence-electron chi connectivity index (χ4n) is 3.41. The Morgan fingerprint density at radius 2 is 2.03 bits per heavy atom. The largest absolute Gasteiger partial charge is 0.495 e. The molecule has 0 aliphatic carbocycles. The summed E-state index contributed by atoms with van der Waals surface area (Å²) in [5.74, 6) is 1.49. The Balaban J connectivity index is 1.38. The first-order valence-electron chi connectivity index (χ1n) is 9.48. The zero-order chi connectivity index (χ0) is 20.1. The van der Waals surface area contributed by atoms with Crippen LogP contribution in [0.1, 0.15) is 11.1 Å². The van der Waals surface area contributed by atoms with Crippen LogP contribution in [-0.4, -0.2) is 24.5 Å². The number of aromatic amines is 1. The van der Waals surface area contributed by atoms with Crippen LogP contribution in [0.3, 0.4) is 0 Å². The van der Waals surface area contributed by atoms with Crippen molar-refractivity contribution >= 4 is 22.9 Å². The van der Waals surface area contributed by atoms with Crippen LogP contribution in [0.25, 0.3) is 28.3 Å². The van der Waals surface area contributed by atoms with Gasteiger partial charge in [0.15, 0.2) is 0 Å². The van der Waals surface area contributed by atoms with Crippen LogP contribution in [-0.2, 0) is 11.2 Å². The number of aromatic nitrogens is 1. The molecule has 1 amide bonds. The molecule has 0 radical (unpaired) electrons. The van der Waals surface area contributed by atoms with Gasteiger partial charge in [0, 0.05) is 35.3 Å². The Morgan fingerprint density at radius 1 is 1.14 bits per heavy atom. The summed E-state index contributed by atoms with van der Waals surface area (Å²) >= 11 is 0. The van der Waals surface area contributed by atoms with Gasteiger partial charge in [0.25, 0.3) is 0 Å². The van der Waals surface area contributed by atoms with Crippen LogP contribution >= 0.6 is 0 Å². The van der Waals surface area contributed by atoms with Gasteiger partial charge in [0.1, 0.15) is 11.5 Å². The molecule has 2 heterocycles. The fourth-order valence-corrected chi connectivity index (χ4v) is 3.41. The van der Waals surface area contributed by atoms with Crippen LogP contribution < -0.4 is 10.1 Å². The molecule has 5 nitrogen and oxygen atoms in total. The number of H-pyrrole nitrogens is 1. The summed E-state index contributed by atoms with van der Waals surface area (Å²) in [7, 11) is 1.64. The summed E-state index contributed by atoms with van der Waals surface area (Å²) in [6.07, 6.45) is 7.63. The molecule has 0 unspecified atom stereocenters. The summed E-state index contributed by atoms with van der Waals surface area (Å²) in [6.45, 7) is 0.544. The number of benzene rings is 2. The number of methoxy groups -OCH3 is 1. The molecule has 0 aliphatic heterocycles. The molecule has 2 aromatic carbocycles. The molecule has 0 fully saturated rings. The third-order valence-corrected chi connectivity index (χ3v) is 4.84. The minimum Gasteiger partial charge on any atom is -0.495 e. The number of nitrogens with one attached hydrogen (secondary N) is 2. The van der Waals surface area contributed by atoms with Crippen LogP contribution in [0.2, 0.25) is 0 Å². The summed E-state index contributed by atoms with van der Waals surface area (Å²) in [5, 5.41) is 3.96. The maximum atomic E-state index is 12.2. The second-order valence-corrected chi connectivity index (χ2v) is 6.64. The van der Waals surface area contributed by atoms with Gasteiger partial charge < -0.3 is 19.5 Å². The smallest absolute Gasteiger partial charge is 0.244 e. The Morgan fingerprint density at radius 3 is 2.86 bits per heavy atom. The topological polar surface area (TPSA) is 67.3 Å². The lowest BCUT2D eigenvalue weighted by molar-refractivity contribution is -0.116. The Kier molecular flexibility index (Phi) is 5.47. The van der Waals surface area contributed by atoms with Crippen molar-refractivity contribution in [2.75, 3.05) is 13.7 Å². The molecule has 0 atom stereocenters. The number of para-hydroxylation sites is 1. The van der Waals surface area contributed by atoms with Crippen LogP contribution in [0, 0.1) is 0 Å². The SMILES string of the molecule is COc1cccc2c(/C=C/C(=O)NCCc3ccccc3-c3ccco3)c[nH]c12. The molecular formula is C24H22N2O3. The maximum Gasteiger partial charge on any atom is 0.244 e. The lowest BCUT2D eigenvalue weighted by Gasteiger charge is -2.07. The second-order valence-electron chi connectivity index (χ2n) is 6.64. The molecule has 29 heavy (non-hydrogen) atoms. The van der Waals surface area contributed by atoms with Gasteiger partial charge in [-0.05, 0) is 36.3 Å². The van der Waals surface area contributed by atoms with Gasteiger partial charge >= 0.3 is 0 Å². The van der Waals surface area contributed by atoms with E-state index in [0.29, 0.717) is 6.54 Å². The van der Waals surface area contributed by atoms with Gasteiger partial charge in [0.2, 0.25) is 5.91 Å². The van der Waals surface area contributed by atoms with Crippen molar-refractivity contribution in [2.45, 2.75) is 6.42 Å². The van der Waals surface area contributed by atoms with Gasteiger partial charge in [0.05, 0.1) is 18.9 Å². The minimum atomic E-state index is -0.127. The summed E-state index contributed by atoms with van der Waals surface area (Å²) in [4.78, 5) is 15.4. The van der Waals surface area contributed by atoms with Gasteiger partial charge in [-0.15, -0.1) is 0 Å². The number of amides is 1. The van der Waals surface area contributed by atoms with Crippen molar-refractivity contribution in [1.29, 1.82) is 0 Å². The van der Waals surface area contributed by atoms with E-state index in [9.17, 15) is 4.79 Å². The molecule has 0 bridgehead atoms. The van der Waals surface area contributed by atoms with E-state index < -0.39 is 0 Å². The van der Waals surface area contributed by atoms with Gasteiger partial charge in [-0.1, -0.05) is 36.4 Å². The highest BCUT2D eigenvalue weighted by Crippen LogP contribution is 2.27. The average molecular weight is 386 g/mol. The molecule has 2 N–H and O–H groups in total. The number of hydrogen-bond donors (Lipinski definition) is 2. The van der Waals surface area contributed by atoms with Gasteiger partial charge in [-0.25, -0.2) is 0 Å². The molecule has 0 saturated heterocycles. The highest BCUT2D eigenvalue weighted by atomic mass is 16.5. The lowest BCUT2D eigenvalue weighted by Crippen LogP contribution is -2.23. The zero-order valence-electron chi connectivity index (χ0n) is 16.1. The Hall–Kier alpha value is -3.73. The number of hydrogen-bond acceptors (Lipinski definition) is 3. The third kappa shape index (κ3) is 4.09. The number of ether oxygens (including phenoxy) is 1. The van der Waals surface area contributed by atoms with Gasteiger partial charge in [-0.2, -0.15) is 0 Å². The van der Waals surface area contributed by atoms with Crippen molar-refractivity contribution in [2.24, 2.45) is 0 Å². The van der Waals surface area contributed by atoms with Crippen LogP contribution in [0.15, 0.2) is 77.6 Å². The molecule has 5 heteroatoms. The van der Waals surface area contributed by atoms with E-state index in [1.807, 2.05) is 60.8 Å². The number of carbonyl (C=O) groups excluding carboxylic acids is 1. The van der Waals surface area contributed by atoms with Crippen molar-refractivity contribution in [1.82, 2.24) is 10.3 Å². The molecule has 4 rings (SSSR count). The van der Waals surface area contributed by atoms with Crippen molar-refractivity contribution < 1.29 is 13.9 Å². The lowest BCUT2D eigenvalue weighted by atomic mass is 10.0. The first kappa shape index (κ1) is 18.6. The fraction of sp³-hybridized carbons (Fsp3) is 0.125. The highest BCUT2D eigenvalue weighted by Gasteiger charge is 2.08. The number of furan rings is 1. The van der Waals surface area contributed by atoms with Gasteiger partial charge in [-0.3, -0.25) is 4.79 Å². The molecule has 2 aromatic heterocycles. The first-order chi connectivity index (χ1) is 14.3. The van der Waals surface area contributed by atoms with E-state index in [0.717, 1.165) is 45.5 Å². The standard InChI is InChI=1S/C24H22N2O3/c1-28-22-9-4-8-20-18(16-26-24(20)22)11-12-23(27)25-14-13-17-6-2-3-7-19(17)21-10-5-15-29-21/h2-12,15-16,26H,13-14H2,1H3,(H,25,27)/b12-11+. The second kappa shape index (κ2) is 8.52. The number of rotatable bonds is 7. The van der Waals surface area contributed by atoms with Crippen LogP contribution in [0.5, 0.6) is 5.75 Å². The molecule has 4 aromatic rings. The van der Waals surface area contributed by atoms with E-state index in [2.05, 4.69) is 16.4 Å². The monoisotopic (exact) mass is 386 g/mol. The zero-order valence-corrected chi connectivity index (χ0v) is 16.1. The van der Waals surface area contributed by atoms with Crippen molar-refractivity contribution in [3.8, 4) is 17.1 Å². The third-order valence-electron chi connectivity index (χ3n) is 4.84. The summed E-state index contributed by atoms with van der Waals surface area (Å²) in [6, 6.07) is 17.7. The van der Waals surface area contributed by atoms with Crippen molar-refractivity contribution in [3.05, 3.63) is 84.3 Å². The predicted molar refractivity (Wildman–Crippen MR) is 115 cm³/mol. The van der Waals surface area contributed by atoms with Crippen molar-refractivity contribution in [3.63, 3.8) is 0 Å². The molecule has 0 saturated carbocycles. The quantitative estimate of drug-likeness (QED) is 0.448. The Bertz CT molecular complexity index is 1140. The van der Waals surface area contributed by atoms with E-state index >= 15 is 0 Å². The number of carbonyl (C=O) groups is 1. The van der Waals surface area contributed by atoms with E-state index in [1.165, 1.54) is 0 Å². The molecule has 146 valence electrons. The maximum absolute atomic E-state index is 12.2. The van der Waals surface area contributed by atoms with E-state index in [1.54, 1.807) is 19.4 Å². The first-order valence-corrected chi connectivity index (χ1v) is 9.48. The molecule has 0 spiro atoms. The number of fused-ring (bicyclic) bond motifs is 1. The predicted octanol–water partition coefficient (Wildman–Crippen LogP) is 4.81. The molecular weight excluding hydrogens is 364 g/mol. The normalized spacial score (nSPS) is 11.2. The van der Waals surface area contributed by atoms with E-state index in [-0.39, 0.29) is 5.91 Å². The minimum absolute atomic E-state index is 0.127.